The van der Waals surface area contributed by atoms with Gasteiger partial charge in [-0.15, -0.1) is 0 Å². The van der Waals surface area contributed by atoms with Crippen LogP contribution in [0.3, 0.4) is 0 Å². The molecule has 1 aromatic heterocycles. The molecule has 0 radical (unpaired) electrons. The van der Waals surface area contributed by atoms with Gasteiger partial charge < -0.3 is 5.32 Å². The van der Waals surface area contributed by atoms with Crippen molar-refractivity contribution in [1.82, 2.24) is 10.3 Å². The van der Waals surface area contributed by atoms with Crippen molar-refractivity contribution in [1.29, 1.82) is 0 Å². The molecule has 0 saturated carbocycles. The van der Waals surface area contributed by atoms with Crippen molar-refractivity contribution < 1.29 is 13.6 Å². The Morgan fingerprint density at radius 1 is 1.62 bits per heavy atom. The third kappa shape index (κ3) is 3.16. The van der Waals surface area contributed by atoms with Gasteiger partial charge in [0.25, 0.3) is 5.91 Å². The number of thioether (sulfide) groups is 1. The first-order valence-corrected chi connectivity index (χ1v) is 6.05. The topological polar surface area (TPSA) is 42.0 Å². The molecule has 1 rings (SSSR count). The first kappa shape index (κ1) is 12.9. The highest BCUT2D eigenvalue weighted by atomic mass is 32.2. The van der Waals surface area contributed by atoms with Gasteiger partial charge in [-0.2, -0.15) is 16.2 Å². The molecule has 1 heterocycles. The Hall–Kier alpha value is -1.17. The molecule has 1 unspecified atom stereocenters. The van der Waals surface area contributed by atoms with Crippen molar-refractivity contribution in [3.63, 3.8) is 0 Å². The lowest BCUT2D eigenvalue weighted by Gasteiger charge is -2.12. The molecule has 1 aromatic rings. The lowest BCUT2D eigenvalue weighted by molar-refractivity contribution is 0.0938. The molecule has 0 spiro atoms. The van der Waals surface area contributed by atoms with Crippen LogP contribution in [0.2, 0.25) is 0 Å². The minimum atomic E-state index is -1.26. The molecule has 0 saturated heterocycles. The van der Waals surface area contributed by atoms with Crippen LogP contribution >= 0.6 is 11.8 Å². The predicted octanol–water partition coefficient (Wildman–Crippen LogP) is 1.84. The van der Waals surface area contributed by atoms with Gasteiger partial charge in [-0.05, 0) is 19.2 Å². The van der Waals surface area contributed by atoms with Crippen LogP contribution in [0.15, 0.2) is 12.3 Å². The van der Waals surface area contributed by atoms with Crippen LogP contribution in [0.25, 0.3) is 0 Å². The van der Waals surface area contributed by atoms with Gasteiger partial charge in [-0.1, -0.05) is 0 Å². The molecule has 0 fully saturated rings. The molecule has 1 atom stereocenters. The van der Waals surface area contributed by atoms with E-state index in [4.69, 9.17) is 0 Å². The maximum absolute atomic E-state index is 13.2. The van der Waals surface area contributed by atoms with Gasteiger partial charge in [-0.3, -0.25) is 4.79 Å². The molecule has 1 amide bonds. The van der Waals surface area contributed by atoms with Crippen LogP contribution in [0.4, 0.5) is 8.78 Å². The molecule has 1 N–H and O–H groups in total. The maximum atomic E-state index is 13.2. The second-order valence-corrected chi connectivity index (χ2v) is 4.20. The van der Waals surface area contributed by atoms with E-state index < -0.39 is 17.7 Å². The number of nitrogens with zero attached hydrogens (tertiary/aromatic N) is 1. The number of carbonyl (C=O) groups excluding carboxylic acids is 1. The number of hydrogen-bond donors (Lipinski definition) is 1. The Bertz CT molecular complexity index is 387. The van der Waals surface area contributed by atoms with E-state index in [1.807, 2.05) is 6.26 Å². The molecule has 0 aliphatic rings. The van der Waals surface area contributed by atoms with E-state index in [2.05, 4.69) is 10.3 Å². The third-order valence-corrected chi connectivity index (χ3v) is 2.72. The smallest absolute Gasteiger partial charge is 0.254 e. The van der Waals surface area contributed by atoms with E-state index in [9.17, 15) is 13.6 Å². The Kier molecular flexibility index (Phi) is 4.67. The van der Waals surface area contributed by atoms with Crippen molar-refractivity contribution in [3.05, 3.63) is 29.6 Å². The van der Waals surface area contributed by atoms with Gasteiger partial charge in [0.15, 0.2) is 5.82 Å². The summed E-state index contributed by atoms with van der Waals surface area (Å²) in [4.78, 5) is 14.7. The first-order chi connectivity index (χ1) is 7.56. The summed E-state index contributed by atoms with van der Waals surface area (Å²) in [6, 6.07) is 1.05. The number of hydrogen-bond acceptors (Lipinski definition) is 3. The molecule has 0 aliphatic heterocycles. The fourth-order valence-corrected chi connectivity index (χ4v) is 1.77. The number of halogens is 2. The summed E-state index contributed by atoms with van der Waals surface area (Å²) in [5.41, 5.74) is -0.319. The van der Waals surface area contributed by atoms with E-state index in [0.29, 0.717) is 5.75 Å². The molecule has 88 valence electrons. The van der Waals surface area contributed by atoms with Crippen LogP contribution in [-0.2, 0) is 0 Å². The van der Waals surface area contributed by atoms with Crippen LogP contribution < -0.4 is 5.32 Å². The molecule has 3 nitrogen and oxygen atoms in total. The van der Waals surface area contributed by atoms with E-state index in [1.165, 1.54) is 0 Å². The number of pyridine rings is 1. The Morgan fingerprint density at radius 2 is 2.31 bits per heavy atom. The second kappa shape index (κ2) is 5.79. The SMILES string of the molecule is CSCC(C)NC(=O)c1ccnc(F)c1F. The summed E-state index contributed by atoms with van der Waals surface area (Å²) < 4.78 is 25.9. The average Bonchev–Trinajstić information content (AvgIpc) is 2.22. The van der Waals surface area contributed by atoms with E-state index in [0.717, 1.165) is 12.3 Å². The number of nitrogens with one attached hydrogen (secondary N) is 1. The lowest BCUT2D eigenvalue weighted by Crippen LogP contribution is -2.34. The summed E-state index contributed by atoms with van der Waals surface area (Å²) in [6.45, 7) is 1.80. The van der Waals surface area contributed by atoms with E-state index in [1.54, 1.807) is 18.7 Å². The first-order valence-electron chi connectivity index (χ1n) is 4.66. The van der Waals surface area contributed by atoms with Crippen molar-refractivity contribution in [2.45, 2.75) is 13.0 Å². The largest absolute Gasteiger partial charge is 0.349 e. The monoisotopic (exact) mass is 246 g/mol. The Labute approximate surface area is 96.6 Å². The molecule has 0 aromatic carbocycles. The molecule has 6 heteroatoms. The van der Waals surface area contributed by atoms with Gasteiger partial charge in [0.1, 0.15) is 0 Å². The number of carbonyl (C=O) groups is 1. The van der Waals surface area contributed by atoms with Gasteiger partial charge in [0.05, 0.1) is 5.56 Å². The zero-order chi connectivity index (χ0) is 12.1. The minimum Gasteiger partial charge on any atom is -0.349 e. The quantitative estimate of drug-likeness (QED) is 0.824. The molecular weight excluding hydrogens is 234 g/mol. The van der Waals surface area contributed by atoms with Crippen LogP contribution in [0.5, 0.6) is 0 Å². The summed E-state index contributed by atoms with van der Waals surface area (Å²) in [5.74, 6) is -2.39. The highest BCUT2D eigenvalue weighted by Crippen LogP contribution is 2.09. The maximum Gasteiger partial charge on any atom is 0.254 e. The minimum absolute atomic E-state index is 0.0990. The zero-order valence-electron chi connectivity index (χ0n) is 8.96. The van der Waals surface area contributed by atoms with Crippen LogP contribution in [-0.4, -0.2) is 28.9 Å². The fraction of sp³-hybridized carbons (Fsp3) is 0.400. The number of amides is 1. The van der Waals surface area contributed by atoms with Crippen molar-refractivity contribution >= 4 is 17.7 Å². The average molecular weight is 246 g/mol. The summed E-state index contributed by atoms with van der Waals surface area (Å²) in [5, 5.41) is 2.57. The highest BCUT2D eigenvalue weighted by molar-refractivity contribution is 7.98. The highest BCUT2D eigenvalue weighted by Gasteiger charge is 2.17. The Morgan fingerprint density at radius 3 is 2.94 bits per heavy atom. The number of rotatable bonds is 4. The van der Waals surface area contributed by atoms with Gasteiger partial charge in [0.2, 0.25) is 5.95 Å². The fourth-order valence-electron chi connectivity index (χ4n) is 1.19. The summed E-state index contributed by atoms with van der Waals surface area (Å²) in [7, 11) is 0. The zero-order valence-corrected chi connectivity index (χ0v) is 9.78. The van der Waals surface area contributed by atoms with Crippen molar-refractivity contribution in [2.75, 3.05) is 12.0 Å². The summed E-state index contributed by atoms with van der Waals surface area (Å²) >= 11 is 1.56. The normalized spacial score (nSPS) is 12.2. The van der Waals surface area contributed by atoms with Crippen molar-refractivity contribution in [3.8, 4) is 0 Å². The van der Waals surface area contributed by atoms with Crippen molar-refractivity contribution in [2.24, 2.45) is 0 Å². The van der Waals surface area contributed by atoms with Gasteiger partial charge in [-0.25, -0.2) is 9.37 Å². The third-order valence-electron chi connectivity index (χ3n) is 1.89. The van der Waals surface area contributed by atoms with Crippen LogP contribution in [0, 0.1) is 11.8 Å². The standard InChI is InChI=1S/C10H12F2N2OS/c1-6(5-16-2)14-10(15)7-3-4-13-9(12)8(7)11/h3-4,6H,5H2,1-2H3,(H,14,15). The molecular formula is C10H12F2N2OS. The van der Waals surface area contributed by atoms with Gasteiger partial charge >= 0.3 is 0 Å². The lowest BCUT2D eigenvalue weighted by atomic mass is 10.2. The number of aromatic nitrogens is 1. The van der Waals surface area contributed by atoms with E-state index in [-0.39, 0.29) is 11.6 Å². The molecule has 16 heavy (non-hydrogen) atoms. The predicted molar refractivity (Wildman–Crippen MR) is 59.5 cm³/mol. The van der Waals surface area contributed by atoms with E-state index >= 15 is 0 Å². The Balaban J connectivity index is 2.77. The van der Waals surface area contributed by atoms with Crippen LogP contribution in [0.1, 0.15) is 17.3 Å². The molecule has 0 aliphatic carbocycles. The van der Waals surface area contributed by atoms with Gasteiger partial charge in [0, 0.05) is 18.0 Å². The second-order valence-electron chi connectivity index (χ2n) is 3.29. The summed E-state index contributed by atoms with van der Waals surface area (Å²) in [6.07, 6.45) is 2.96. The molecule has 0 bridgehead atoms.